The monoisotopic (exact) mass is 198 g/mol. The fraction of sp³-hybridized carbons (Fsp3) is 0.556. The van der Waals surface area contributed by atoms with Crippen LogP contribution in [-0.2, 0) is 9.59 Å². The van der Waals surface area contributed by atoms with Crippen molar-refractivity contribution >= 4 is 11.9 Å². The van der Waals surface area contributed by atoms with E-state index in [0.717, 1.165) is 6.42 Å². The molecular weight excluding hydrogens is 184 g/mol. The fourth-order valence-corrected chi connectivity index (χ4v) is 1.36. The van der Waals surface area contributed by atoms with Crippen molar-refractivity contribution in [2.24, 2.45) is 0 Å². The number of rotatable bonds is 4. The summed E-state index contributed by atoms with van der Waals surface area (Å²) in [4.78, 5) is 23.3. The summed E-state index contributed by atoms with van der Waals surface area (Å²) in [6.45, 7) is 2.20. The predicted molar refractivity (Wildman–Crippen MR) is 50.3 cm³/mol. The van der Waals surface area contributed by atoms with Crippen molar-refractivity contribution in [3.05, 3.63) is 12.3 Å². The minimum atomic E-state index is -0.854. The largest absolute Gasteiger partial charge is 0.480 e. The van der Waals surface area contributed by atoms with Gasteiger partial charge >= 0.3 is 5.97 Å². The van der Waals surface area contributed by atoms with Crippen molar-refractivity contribution in [3.63, 3.8) is 0 Å². The molecule has 5 nitrogen and oxygen atoms in total. The molecule has 0 aromatic rings. The zero-order valence-electron chi connectivity index (χ0n) is 8.06. The van der Waals surface area contributed by atoms with Gasteiger partial charge in [-0.3, -0.25) is 4.79 Å². The number of carbonyl (C=O) groups is 2. The molecule has 0 aromatic carbocycles. The van der Waals surface area contributed by atoms with E-state index in [0.29, 0.717) is 6.42 Å². The van der Waals surface area contributed by atoms with Crippen LogP contribution in [0.25, 0.3) is 0 Å². The molecule has 0 saturated heterocycles. The molecule has 0 spiro atoms. The molecule has 0 aliphatic carbocycles. The van der Waals surface area contributed by atoms with Gasteiger partial charge < -0.3 is 15.3 Å². The van der Waals surface area contributed by atoms with Crippen molar-refractivity contribution in [1.29, 1.82) is 0 Å². The Bertz CT molecular complexity index is 263. The first-order valence-electron chi connectivity index (χ1n) is 4.59. The Labute approximate surface area is 82.4 Å². The topological polar surface area (TPSA) is 69.6 Å². The summed E-state index contributed by atoms with van der Waals surface area (Å²) < 4.78 is 0. The standard InChI is InChI=1S/C9H14N2O3/c1-2-3-7(9(13)14)11-5-4-8(12)10-6-11/h4-5,7H,2-3,6H2,1H3,(H,10,12)(H,13,14). The molecular formula is C9H14N2O3. The first-order chi connectivity index (χ1) is 6.65. The average Bonchev–Trinajstić information content (AvgIpc) is 2.15. The Morgan fingerprint density at radius 2 is 2.50 bits per heavy atom. The van der Waals surface area contributed by atoms with E-state index in [9.17, 15) is 9.59 Å². The molecule has 1 aliphatic heterocycles. The average molecular weight is 198 g/mol. The van der Waals surface area contributed by atoms with Gasteiger partial charge in [0.1, 0.15) is 6.04 Å². The molecule has 1 aliphatic rings. The van der Waals surface area contributed by atoms with Crippen molar-refractivity contribution < 1.29 is 14.7 Å². The minimum absolute atomic E-state index is 0.179. The Morgan fingerprint density at radius 3 is 2.93 bits per heavy atom. The quantitative estimate of drug-likeness (QED) is 0.674. The summed E-state index contributed by atoms with van der Waals surface area (Å²) in [6, 6.07) is -0.545. The number of hydrogen-bond donors (Lipinski definition) is 2. The Balaban J connectivity index is 2.64. The van der Waals surface area contributed by atoms with Crippen LogP contribution < -0.4 is 5.32 Å². The van der Waals surface area contributed by atoms with Gasteiger partial charge in [-0.1, -0.05) is 13.3 Å². The van der Waals surface area contributed by atoms with E-state index >= 15 is 0 Å². The molecule has 1 heterocycles. The van der Waals surface area contributed by atoms with Gasteiger partial charge in [-0.25, -0.2) is 4.79 Å². The van der Waals surface area contributed by atoms with Crippen LogP contribution in [0.2, 0.25) is 0 Å². The zero-order chi connectivity index (χ0) is 10.6. The third kappa shape index (κ3) is 2.48. The highest BCUT2D eigenvalue weighted by Crippen LogP contribution is 2.09. The number of carbonyl (C=O) groups excluding carboxylic acids is 1. The Hall–Kier alpha value is -1.52. The lowest BCUT2D eigenvalue weighted by Crippen LogP contribution is -2.46. The molecule has 0 aromatic heterocycles. The number of carboxylic acids is 1. The second-order valence-corrected chi connectivity index (χ2v) is 3.17. The van der Waals surface area contributed by atoms with Crippen LogP contribution in [0.4, 0.5) is 0 Å². The third-order valence-electron chi connectivity index (χ3n) is 2.10. The van der Waals surface area contributed by atoms with Gasteiger partial charge in [0, 0.05) is 12.3 Å². The van der Waals surface area contributed by atoms with Gasteiger partial charge in [0.2, 0.25) is 5.91 Å². The van der Waals surface area contributed by atoms with Gasteiger partial charge in [0.05, 0.1) is 6.67 Å². The maximum atomic E-state index is 10.9. The summed E-state index contributed by atoms with van der Waals surface area (Å²) in [7, 11) is 0. The SMILES string of the molecule is CCCC(C(=O)O)N1C=CC(=O)NC1. The summed E-state index contributed by atoms with van der Waals surface area (Å²) >= 11 is 0. The van der Waals surface area contributed by atoms with E-state index in [-0.39, 0.29) is 12.6 Å². The van der Waals surface area contributed by atoms with Gasteiger partial charge in [-0.2, -0.15) is 0 Å². The third-order valence-corrected chi connectivity index (χ3v) is 2.10. The van der Waals surface area contributed by atoms with E-state index in [1.54, 1.807) is 4.90 Å². The summed E-state index contributed by atoms with van der Waals surface area (Å²) in [5, 5.41) is 11.5. The van der Waals surface area contributed by atoms with Crippen molar-refractivity contribution in [1.82, 2.24) is 10.2 Å². The molecule has 0 fully saturated rings. The van der Waals surface area contributed by atoms with Crippen molar-refractivity contribution in [3.8, 4) is 0 Å². The summed E-state index contributed by atoms with van der Waals surface area (Å²) in [5.41, 5.74) is 0. The molecule has 1 rings (SSSR count). The number of hydrogen-bond acceptors (Lipinski definition) is 3. The van der Waals surface area contributed by atoms with E-state index in [1.165, 1.54) is 12.3 Å². The van der Waals surface area contributed by atoms with Gasteiger partial charge in [0.15, 0.2) is 0 Å². The lowest BCUT2D eigenvalue weighted by molar-refractivity contribution is -0.143. The van der Waals surface area contributed by atoms with Crippen LogP contribution in [0.5, 0.6) is 0 Å². The predicted octanol–water partition coefficient (Wildman–Crippen LogP) is 0.143. The first-order valence-corrected chi connectivity index (χ1v) is 4.59. The zero-order valence-corrected chi connectivity index (χ0v) is 8.06. The normalized spacial score (nSPS) is 17.8. The maximum Gasteiger partial charge on any atom is 0.326 e. The van der Waals surface area contributed by atoms with Crippen LogP contribution in [0.15, 0.2) is 12.3 Å². The highest BCUT2D eigenvalue weighted by molar-refractivity contribution is 5.88. The number of nitrogens with one attached hydrogen (secondary N) is 1. The second-order valence-electron chi connectivity index (χ2n) is 3.17. The first kappa shape index (κ1) is 10.6. The lowest BCUT2D eigenvalue weighted by Gasteiger charge is -2.29. The highest BCUT2D eigenvalue weighted by atomic mass is 16.4. The fourth-order valence-electron chi connectivity index (χ4n) is 1.36. The van der Waals surface area contributed by atoms with Gasteiger partial charge in [0.25, 0.3) is 0 Å². The molecule has 1 unspecified atom stereocenters. The molecule has 2 N–H and O–H groups in total. The van der Waals surface area contributed by atoms with Crippen LogP contribution in [0.1, 0.15) is 19.8 Å². The van der Waals surface area contributed by atoms with Crippen molar-refractivity contribution in [2.45, 2.75) is 25.8 Å². The molecule has 0 radical (unpaired) electrons. The van der Waals surface area contributed by atoms with Crippen LogP contribution in [-0.4, -0.2) is 34.6 Å². The molecule has 1 amide bonds. The highest BCUT2D eigenvalue weighted by Gasteiger charge is 2.23. The molecule has 5 heteroatoms. The van der Waals surface area contributed by atoms with Crippen LogP contribution >= 0.6 is 0 Å². The molecule has 0 saturated carbocycles. The van der Waals surface area contributed by atoms with Crippen molar-refractivity contribution in [2.75, 3.05) is 6.67 Å². The molecule has 1 atom stereocenters. The van der Waals surface area contributed by atoms with E-state index < -0.39 is 12.0 Å². The summed E-state index contributed by atoms with van der Waals surface area (Å²) in [5.74, 6) is -1.03. The number of aliphatic carboxylic acids is 1. The number of amides is 1. The van der Waals surface area contributed by atoms with E-state index in [4.69, 9.17) is 5.11 Å². The molecule has 14 heavy (non-hydrogen) atoms. The molecule has 78 valence electrons. The lowest BCUT2D eigenvalue weighted by atomic mass is 10.1. The number of carboxylic acid groups (broad SMARTS) is 1. The van der Waals surface area contributed by atoms with Crippen LogP contribution in [0, 0.1) is 0 Å². The van der Waals surface area contributed by atoms with Gasteiger partial charge in [-0.15, -0.1) is 0 Å². The van der Waals surface area contributed by atoms with E-state index in [1.807, 2.05) is 6.92 Å². The Kier molecular flexibility index (Phi) is 3.50. The number of nitrogens with zero attached hydrogens (tertiary/aromatic N) is 1. The summed E-state index contributed by atoms with van der Waals surface area (Å²) in [6.07, 6.45) is 4.26. The smallest absolute Gasteiger partial charge is 0.326 e. The second kappa shape index (κ2) is 4.64. The maximum absolute atomic E-state index is 10.9. The van der Waals surface area contributed by atoms with Crippen LogP contribution in [0.3, 0.4) is 0 Å². The van der Waals surface area contributed by atoms with E-state index in [2.05, 4.69) is 5.32 Å². The Morgan fingerprint density at radius 1 is 1.79 bits per heavy atom. The molecule has 0 bridgehead atoms. The minimum Gasteiger partial charge on any atom is -0.480 e. The van der Waals surface area contributed by atoms with Gasteiger partial charge in [-0.05, 0) is 6.42 Å².